The molecule has 7 nitrogen and oxygen atoms in total. The number of hydrogen-bond acceptors (Lipinski definition) is 5. The van der Waals surface area contributed by atoms with Crippen molar-refractivity contribution in [3.05, 3.63) is 24.2 Å². The SMILES string of the molecule is CCNC(=NCC(C)(O)c1ccco1)NCC1CN2CCN1CC2.I. The van der Waals surface area contributed by atoms with E-state index in [1.54, 1.807) is 25.3 Å². The lowest BCUT2D eigenvalue weighted by Crippen LogP contribution is -2.63. The summed E-state index contributed by atoms with van der Waals surface area (Å²) in [5.74, 6) is 1.27. The standard InChI is InChI=1S/C17H29N5O2.HI/c1-3-18-16(20-13-17(2,23)15-5-4-10-24-15)19-11-14-12-21-6-8-22(14)9-7-21;/h4-5,10,14,23H,3,6-9,11-13H2,1-2H3,(H2,18,19,20);1H. The lowest BCUT2D eigenvalue weighted by molar-refractivity contribution is 0.0153. The Balaban J connectivity index is 0.00000225. The van der Waals surface area contributed by atoms with E-state index in [-0.39, 0.29) is 30.5 Å². The molecule has 1 aromatic rings. The maximum absolute atomic E-state index is 10.5. The second-order valence-corrected chi connectivity index (χ2v) is 6.82. The highest BCUT2D eigenvalue weighted by Gasteiger charge is 2.31. The Morgan fingerprint density at radius 2 is 2.12 bits per heavy atom. The fraction of sp³-hybridized carbons (Fsp3) is 0.706. The summed E-state index contributed by atoms with van der Waals surface area (Å²) in [5.41, 5.74) is -1.11. The number of guanidine groups is 1. The molecule has 3 saturated heterocycles. The molecule has 0 amide bonds. The highest BCUT2D eigenvalue weighted by molar-refractivity contribution is 14.0. The first-order chi connectivity index (χ1) is 11.6. The first-order valence-electron chi connectivity index (χ1n) is 8.83. The summed E-state index contributed by atoms with van der Waals surface area (Å²) >= 11 is 0. The smallest absolute Gasteiger partial charge is 0.191 e. The summed E-state index contributed by atoms with van der Waals surface area (Å²) in [6, 6.07) is 4.08. The van der Waals surface area contributed by atoms with Crippen molar-refractivity contribution in [3.63, 3.8) is 0 Å². The zero-order valence-corrected chi connectivity index (χ0v) is 17.4. The maximum Gasteiger partial charge on any atom is 0.191 e. The van der Waals surface area contributed by atoms with Gasteiger partial charge < -0.3 is 20.2 Å². The van der Waals surface area contributed by atoms with Gasteiger partial charge in [0, 0.05) is 51.9 Å². The van der Waals surface area contributed by atoms with Crippen molar-refractivity contribution in [1.82, 2.24) is 20.4 Å². The molecule has 3 aliphatic rings. The number of aliphatic imine (C=N–C) groups is 1. The molecule has 2 bridgehead atoms. The van der Waals surface area contributed by atoms with E-state index in [0.29, 0.717) is 11.8 Å². The van der Waals surface area contributed by atoms with Crippen LogP contribution in [0.25, 0.3) is 0 Å². The first kappa shape index (κ1) is 20.5. The zero-order chi connectivity index (χ0) is 17.0. The van der Waals surface area contributed by atoms with Crippen molar-refractivity contribution in [2.24, 2.45) is 4.99 Å². The van der Waals surface area contributed by atoms with E-state index in [0.717, 1.165) is 38.7 Å². The average molecular weight is 463 g/mol. The Bertz CT molecular complexity index is 541. The summed E-state index contributed by atoms with van der Waals surface area (Å²) in [6.07, 6.45) is 1.57. The highest BCUT2D eigenvalue weighted by atomic mass is 127. The summed E-state index contributed by atoms with van der Waals surface area (Å²) in [6.45, 7) is 11.5. The molecule has 3 fully saturated rings. The topological polar surface area (TPSA) is 76.3 Å². The highest BCUT2D eigenvalue weighted by Crippen LogP contribution is 2.21. The molecule has 0 aromatic carbocycles. The quantitative estimate of drug-likeness (QED) is 0.327. The number of piperazine rings is 3. The van der Waals surface area contributed by atoms with Crippen molar-refractivity contribution >= 4 is 29.9 Å². The van der Waals surface area contributed by atoms with E-state index in [2.05, 4.69) is 25.4 Å². The van der Waals surface area contributed by atoms with Gasteiger partial charge in [-0.3, -0.25) is 9.80 Å². The van der Waals surface area contributed by atoms with Crippen LogP contribution in [-0.4, -0.2) is 79.3 Å². The Hall–Kier alpha value is -0.840. The zero-order valence-electron chi connectivity index (χ0n) is 15.1. The summed E-state index contributed by atoms with van der Waals surface area (Å²) in [7, 11) is 0. The molecule has 3 N–H and O–H groups in total. The normalized spacial score (nSPS) is 28.1. The third kappa shape index (κ3) is 5.32. The third-order valence-electron chi connectivity index (χ3n) is 4.84. The summed E-state index contributed by atoms with van der Waals surface area (Å²) in [4.78, 5) is 9.62. The van der Waals surface area contributed by atoms with Crippen LogP contribution < -0.4 is 10.6 Å². The van der Waals surface area contributed by atoms with E-state index in [4.69, 9.17) is 4.42 Å². The van der Waals surface area contributed by atoms with Crippen LogP contribution in [0.1, 0.15) is 19.6 Å². The number of nitrogens with one attached hydrogen (secondary N) is 2. The fourth-order valence-electron chi connectivity index (χ4n) is 3.37. The molecule has 142 valence electrons. The van der Waals surface area contributed by atoms with Crippen molar-refractivity contribution in [1.29, 1.82) is 0 Å². The molecule has 0 saturated carbocycles. The Labute approximate surface area is 166 Å². The lowest BCUT2D eigenvalue weighted by atomic mass is 10.0. The van der Waals surface area contributed by atoms with Gasteiger partial charge in [-0.15, -0.1) is 24.0 Å². The minimum absolute atomic E-state index is 0. The van der Waals surface area contributed by atoms with E-state index in [1.165, 1.54) is 13.1 Å². The molecule has 4 heterocycles. The van der Waals surface area contributed by atoms with Crippen LogP contribution in [0.15, 0.2) is 27.8 Å². The van der Waals surface area contributed by atoms with Crippen molar-refractivity contribution in [3.8, 4) is 0 Å². The van der Waals surface area contributed by atoms with Gasteiger partial charge in [0.1, 0.15) is 11.4 Å². The van der Waals surface area contributed by atoms with Crippen LogP contribution in [0.3, 0.4) is 0 Å². The van der Waals surface area contributed by atoms with Crippen molar-refractivity contribution in [2.45, 2.75) is 25.5 Å². The van der Waals surface area contributed by atoms with Crippen molar-refractivity contribution in [2.75, 3.05) is 52.4 Å². The molecule has 2 atom stereocenters. The molecule has 0 radical (unpaired) electrons. The third-order valence-corrected chi connectivity index (χ3v) is 4.84. The van der Waals surface area contributed by atoms with Gasteiger partial charge in [0.05, 0.1) is 12.8 Å². The van der Waals surface area contributed by atoms with Gasteiger partial charge in [0.25, 0.3) is 0 Å². The van der Waals surface area contributed by atoms with Gasteiger partial charge in [-0.2, -0.15) is 0 Å². The van der Waals surface area contributed by atoms with Crippen LogP contribution in [-0.2, 0) is 5.60 Å². The molecule has 25 heavy (non-hydrogen) atoms. The van der Waals surface area contributed by atoms with E-state index in [9.17, 15) is 5.11 Å². The maximum atomic E-state index is 10.5. The molecule has 4 rings (SSSR count). The summed E-state index contributed by atoms with van der Waals surface area (Å²) in [5, 5.41) is 17.2. The lowest BCUT2D eigenvalue weighted by Gasteiger charge is -2.47. The second-order valence-electron chi connectivity index (χ2n) is 6.82. The molecule has 0 spiro atoms. The molecule has 0 aliphatic carbocycles. The van der Waals surface area contributed by atoms with Gasteiger partial charge in [-0.1, -0.05) is 0 Å². The minimum atomic E-state index is -1.11. The second kappa shape index (κ2) is 9.20. The molecule has 2 unspecified atom stereocenters. The van der Waals surface area contributed by atoms with Gasteiger partial charge in [0.15, 0.2) is 5.96 Å². The van der Waals surface area contributed by atoms with E-state index >= 15 is 0 Å². The predicted octanol–water partition coefficient (Wildman–Crippen LogP) is 0.660. The molecule has 8 heteroatoms. The fourth-order valence-corrected chi connectivity index (χ4v) is 3.37. The van der Waals surface area contributed by atoms with Crippen LogP contribution >= 0.6 is 24.0 Å². The summed E-state index contributed by atoms with van der Waals surface area (Å²) < 4.78 is 5.31. The van der Waals surface area contributed by atoms with Gasteiger partial charge >= 0.3 is 0 Å². The Morgan fingerprint density at radius 1 is 1.36 bits per heavy atom. The number of fused-ring (bicyclic) bond motifs is 3. The number of aliphatic hydroxyl groups is 1. The van der Waals surface area contributed by atoms with Crippen molar-refractivity contribution < 1.29 is 9.52 Å². The Kier molecular flexibility index (Phi) is 7.53. The average Bonchev–Trinajstić information content (AvgIpc) is 3.14. The molecular formula is C17H30IN5O2. The minimum Gasteiger partial charge on any atom is -0.466 e. The van der Waals surface area contributed by atoms with E-state index < -0.39 is 5.60 Å². The number of furan rings is 1. The van der Waals surface area contributed by atoms with E-state index in [1.807, 2.05) is 6.92 Å². The van der Waals surface area contributed by atoms with Crippen LogP contribution in [0.4, 0.5) is 0 Å². The van der Waals surface area contributed by atoms with Gasteiger partial charge in [-0.25, -0.2) is 4.99 Å². The van der Waals surface area contributed by atoms with Gasteiger partial charge in [0.2, 0.25) is 0 Å². The number of halogens is 1. The predicted molar refractivity (Wildman–Crippen MR) is 109 cm³/mol. The van der Waals surface area contributed by atoms with Crippen LogP contribution in [0.5, 0.6) is 0 Å². The number of hydrogen-bond donors (Lipinski definition) is 3. The molecule has 3 aliphatic heterocycles. The Morgan fingerprint density at radius 3 is 2.68 bits per heavy atom. The molecular weight excluding hydrogens is 433 g/mol. The van der Waals surface area contributed by atoms with Crippen LogP contribution in [0, 0.1) is 0 Å². The monoisotopic (exact) mass is 463 g/mol. The number of nitrogens with zero attached hydrogens (tertiary/aromatic N) is 3. The molecule has 1 aromatic heterocycles. The first-order valence-corrected chi connectivity index (χ1v) is 8.83. The number of rotatable bonds is 6. The van der Waals surface area contributed by atoms with Gasteiger partial charge in [-0.05, 0) is 26.0 Å². The van der Waals surface area contributed by atoms with Crippen LogP contribution in [0.2, 0.25) is 0 Å². The largest absolute Gasteiger partial charge is 0.466 e.